The first kappa shape index (κ1) is 31.2. The summed E-state index contributed by atoms with van der Waals surface area (Å²) in [6.45, 7) is 17.2. The second-order valence-corrected chi connectivity index (χ2v) is 19.3. The molecule has 2 aliphatic rings. The van der Waals surface area contributed by atoms with Gasteiger partial charge in [0.05, 0.1) is 0 Å². The lowest BCUT2D eigenvalue weighted by molar-refractivity contribution is 0.119. The first-order valence-electron chi connectivity index (χ1n) is 16.7. The molecule has 0 spiro atoms. The first-order valence-corrected chi connectivity index (χ1v) is 19.6. The zero-order chi connectivity index (χ0) is 29.9. The Morgan fingerprint density at radius 2 is 1.71 bits per heavy atom. The van der Waals surface area contributed by atoms with Crippen molar-refractivity contribution in [2.75, 3.05) is 5.32 Å². The second kappa shape index (κ2) is 13.2. The fourth-order valence-electron chi connectivity index (χ4n) is 6.56. The van der Waals surface area contributed by atoms with E-state index in [1.807, 2.05) is 6.20 Å². The summed E-state index contributed by atoms with van der Waals surface area (Å²) in [4.78, 5) is 9.91. The van der Waals surface area contributed by atoms with Crippen LogP contribution in [0.5, 0.6) is 0 Å². The number of hydrogen-bond donors (Lipinski definition) is 2. The maximum absolute atomic E-state index is 6.83. The Bertz CT molecular complexity index is 1300. The van der Waals surface area contributed by atoms with E-state index in [1.54, 1.807) is 0 Å². The largest absolute Gasteiger partial charge is 0.414 e. The minimum absolute atomic E-state index is 0.243. The molecule has 3 aromatic rings. The quantitative estimate of drug-likeness (QED) is 0.218. The standard InChI is InChI=1S/C35H55N5OSi/c1-8-11-25(2)38-34-37-23-31-32(27-16-14-26(15-17-27)22-36-28-12-9-10-13-28)24-40(33(31)39-34)29-18-20-30(21-19-29)41-42(6,7)35(3,4)5/h14-17,23-25,28-30,36H,8-13,18-22H2,1-7H3,(H,37,38,39). The molecule has 2 fully saturated rings. The van der Waals surface area contributed by atoms with Crippen LogP contribution in [0.4, 0.5) is 5.95 Å². The summed E-state index contributed by atoms with van der Waals surface area (Å²) >= 11 is 0. The number of nitrogens with one attached hydrogen (secondary N) is 2. The van der Waals surface area contributed by atoms with E-state index in [4.69, 9.17) is 14.4 Å². The number of benzene rings is 1. The molecule has 0 radical (unpaired) electrons. The highest BCUT2D eigenvalue weighted by molar-refractivity contribution is 6.74. The van der Waals surface area contributed by atoms with Gasteiger partial charge < -0.3 is 19.6 Å². The lowest BCUT2D eigenvalue weighted by Gasteiger charge is -2.41. The summed E-state index contributed by atoms with van der Waals surface area (Å²) in [5, 5.41) is 8.68. The van der Waals surface area contributed by atoms with E-state index in [0.29, 0.717) is 24.2 Å². The average molecular weight is 590 g/mol. The molecule has 6 nitrogen and oxygen atoms in total. The maximum atomic E-state index is 6.83. The van der Waals surface area contributed by atoms with Gasteiger partial charge in [0.1, 0.15) is 5.65 Å². The minimum Gasteiger partial charge on any atom is -0.414 e. The smallest absolute Gasteiger partial charge is 0.224 e. The molecule has 0 saturated heterocycles. The molecule has 1 aromatic carbocycles. The van der Waals surface area contributed by atoms with Gasteiger partial charge in [0.2, 0.25) is 5.95 Å². The molecule has 0 aliphatic heterocycles. The topological polar surface area (TPSA) is 64.0 Å². The lowest BCUT2D eigenvalue weighted by Crippen LogP contribution is -2.44. The van der Waals surface area contributed by atoms with Crippen LogP contribution < -0.4 is 10.6 Å². The van der Waals surface area contributed by atoms with Crippen molar-refractivity contribution in [1.29, 1.82) is 0 Å². The SMILES string of the molecule is CCCC(C)Nc1ncc2c(-c3ccc(CNC4CCCC4)cc3)cn(C3CCC(O[Si](C)(C)C(C)(C)C)CC3)c2n1. The van der Waals surface area contributed by atoms with Gasteiger partial charge in [-0.1, -0.05) is 71.2 Å². The van der Waals surface area contributed by atoms with Crippen LogP contribution in [0.15, 0.2) is 36.7 Å². The average Bonchev–Trinajstić information content (AvgIpc) is 3.60. The van der Waals surface area contributed by atoms with Crippen molar-refractivity contribution in [2.24, 2.45) is 0 Å². The molecule has 2 saturated carbocycles. The van der Waals surface area contributed by atoms with Crippen LogP contribution in [0.2, 0.25) is 18.1 Å². The molecule has 1 atom stereocenters. The molecule has 2 aliphatic carbocycles. The summed E-state index contributed by atoms with van der Waals surface area (Å²) in [5.74, 6) is 0.734. The summed E-state index contributed by atoms with van der Waals surface area (Å²) < 4.78 is 9.29. The van der Waals surface area contributed by atoms with Crippen molar-refractivity contribution < 1.29 is 4.43 Å². The van der Waals surface area contributed by atoms with Gasteiger partial charge in [0.25, 0.3) is 0 Å². The number of anilines is 1. The Morgan fingerprint density at radius 3 is 2.36 bits per heavy atom. The molecule has 1 unspecified atom stereocenters. The van der Waals surface area contributed by atoms with E-state index in [-0.39, 0.29) is 5.04 Å². The molecule has 2 heterocycles. The van der Waals surface area contributed by atoms with Crippen molar-refractivity contribution in [3.8, 4) is 11.1 Å². The maximum Gasteiger partial charge on any atom is 0.224 e. The molecular weight excluding hydrogens is 535 g/mol. The van der Waals surface area contributed by atoms with E-state index in [0.717, 1.165) is 62.1 Å². The van der Waals surface area contributed by atoms with E-state index in [9.17, 15) is 0 Å². The van der Waals surface area contributed by atoms with E-state index >= 15 is 0 Å². The summed E-state index contributed by atoms with van der Waals surface area (Å²) in [6, 6.07) is 10.6. The Kier molecular flexibility index (Phi) is 9.80. The van der Waals surface area contributed by atoms with Gasteiger partial charge >= 0.3 is 0 Å². The van der Waals surface area contributed by atoms with Crippen molar-refractivity contribution in [3.63, 3.8) is 0 Å². The first-order chi connectivity index (χ1) is 20.0. The van der Waals surface area contributed by atoms with Crippen LogP contribution >= 0.6 is 0 Å². The van der Waals surface area contributed by atoms with Gasteiger partial charge in [0, 0.05) is 54.1 Å². The third kappa shape index (κ3) is 7.28. The zero-order valence-electron chi connectivity index (χ0n) is 27.3. The zero-order valence-corrected chi connectivity index (χ0v) is 28.3. The molecule has 2 aromatic heterocycles. The summed E-state index contributed by atoms with van der Waals surface area (Å²) in [7, 11) is -1.77. The van der Waals surface area contributed by atoms with E-state index in [2.05, 4.69) is 93.4 Å². The highest BCUT2D eigenvalue weighted by atomic mass is 28.4. The third-order valence-electron chi connectivity index (χ3n) is 10.2. The van der Waals surface area contributed by atoms with Crippen molar-refractivity contribution in [3.05, 3.63) is 42.2 Å². The Balaban J connectivity index is 1.38. The highest BCUT2D eigenvalue weighted by Gasteiger charge is 2.40. The molecule has 7 heteroatoms. The summed E-state index contributed by atoms with van der Waals surface area (Å²) in [5.41, 5.74) is 4.86. The molecule has 0 bridgehead atoms. The fourth-order valence-corrected chi connectivity index (χ4v) is 7.98. The molecule has 230 valence electrons. The third-order valence-corrected chi connectivity index (χ3v) is 14.7. The Hall–Kier alpha value is -2.22. The van der Waals surface area contributed by atoms with Gasteiger partial charge in [0.15, 0.2) is 8.32 Å². The van der Waals surface area contributed by atoms with Gasteiger partial charge in [-0.15, -0.1) is 0 Å². The minimum atomic E-state index is -1.77. The number of rotatable bonds is 11. The van der Waals surface area contributed by atoms with Crippen LogP contribution in [0.3, 0.4) is 0 Å². The van der Waals surface area contributed by atoms with Crippen LogP contribution in [-0.2, 0) is 11.0 Å². The van der Waals surface area contributed by atoms with Crippen molar-refractivity contribution >= 4 is 25.3 Å². The van der Waals surface area contributed by atoms with Crippen molar-refractivity contribution in [1.82, 2.24) is 19.9 Å². The lowest BCUT2D eigenvalue weighted by atomic mass is 9.93. The normalized spacial score (nSPS) is 21.2. The fraction of sp³-hybridized carbons (Fsp3) is 0.657. The second-order valence-electron chi connectivity index (χ2n) is 14.6. The van der Waals surface area contributed by atoms with Crippen LogP contribution in [0, 0.1) is 0 Å². The van der Waals surface area contributed by atoms with E-state index in [1.165, 1.54) is 42.4 Å². The summed E-state index contributed by atoms with van der Waals surface area (Å²) in [6.07, 6.45) is 16.8. The van der Waals surface area contributed by atoms with Crippen LogP contribution in [0.25, 0.3) is 22.2 Å². The molecule has 2 N–H and O–H groups in total. The number of fused-ring (bicyclic) bond motifs is 1. The number of hydrogen-bond acceptors (Lipinski definition) is 5. The van der Waals surface area contributed by atoms with Gasteiger partial charge in [-0.3, -0.25) is 0 Å². The van der Waals surface area contributed by atoms with Crippen LogP contribution in [0.1, 0.15) is 110 Å². The van der Waals surface area contributed by atoms with Gasteiger partial charge in [-0.25, -0.2) is 4.98 Å². The predicted octanol–water partition coefficient (Wildman–Crippen LogP) is 9.24. The highest BCUT2D eigenvalue weighted by Crippen LogP contribution is 2.42. The number of nitrogens with zero attached hydrogens (tertiary/aromatic N) is 3. The monoisotopic (exact) mass is 589 g/mol. The number of aromatic nitrogens is 3. The molecule has 0 amide bonds. The van der Waals surface area contributed by atoms with E-state index < -0.39 is 8.32 Å². The molecule has 5 rings (SSSR count). The van der Waals surface area contributed by atoms with Gasteiger partial charge in [-0.05, 0) is 81.1 Å². The van der Waals surface area contributed by atoms with Crippen molar-refractivity contribution in [2.45, 2.75) is 148 Å². The predicted molar refractivity (Wildman–Crippen MR) is 180 cm³/mol. The van der Waals surface area contributed by atoms with Gasteiger partial charge in [-0.2, -0.15) is 4.98 Å². The Morgan fingerprint density at radius 1 is 1.02 bits per heavy atom. The molecular formula is C35H55N5OSi. The Labute approximate surface area is 255 Å². The van der Waals surface area contributed by atoms with Crippen LogP contribution in [-0.4, -0.2) is 41.0 Å². The molecule has 42 heavy (non-hydrogen) atoms.